The minimum atomic E-state index is -1.12. The highest BCUT2D eigenvalue weighted by molar-refractivity contribution is 14.1. The predicted octanol–water partition coefficient (Wildman–Crippen LogP) is 5.54. The quantitative estimate of drug-likeness (QED) is 0.0460. The van der Waals surface area contributed by atoms with Crippen molar-refractivity contribution in [1.29, 1.82) is 0 Å². The summed E-state index contributed by atoms with van der Waals surface area (Å²) in [6.07, 6.45) is 0.477. The minimum absolute atomic E-state index is 0.133. The maximum Gasteiger partial charge on any atom is 0.337 e. The number of amides is 2. The molecule has 2 atom stereocenters. The Balaban J connectivity index is 1.16. The molecule has 0 radical (unpaired) electrons. The van der Waals surface area contributed by atoms with Gasteiger partial charge in [-0.3, -0.25) is 5.43 Å². The summed E-state index contributed by atoms with van der Waals surface area (Å²) in [7, 11) is 1.28. The molecule has 1 aliphatic rings. The van der Waals surface area contributed by atoms with Crippen LogP contribution in [-0.4, -0.2) is 49.9 Å². The zero-order chi connectivity index (χ0) is 33.3. The number of nitrogens with zero attached hydrogens (tertiary/aromatic N) is 1. The molecule has 0 unspecified atom stereocenters. The molecular weight excluding hydrogens is 715 g/mol. The van der Waals surface area contributed by atoms with Gasteiger partial charge in [0.15, 0.2) is 17.7 Å². The number of aliphatic hydroxyl groups is 1. The Labute approximate surface area is 286 Å². The van der Waals surface area contributed by atoms with Crippen molar-refractivity contribution in [2.45, 2.75) is 32.7 Å². The summed E-state index contributed by atoms with van der Waals surface area (Å²) >= 11 is 2.22. The van der Waals surface area contributed by atoms with E-state index in [0.29, 0.717) is 36.0 Å². The lowest BCUT2D eigenvalue weighted by atomic mass is 9.95. The predicted molar refractivity (Wildman–Crippen MR) is 186 cm³/mol. The summed E-state index contributed by atoms with van der Waals surface area (Å²) in [5, 5.41) is 22.3. The second kappa shape index (κ2) is 15.6. The first-order chi connectivity index (χ1) is 22.7. The number of nitrogens with one attached hydrogen (secondary N) is 3. The highest BCUT2D eigenvalue weighted by Gasteiger charge is 2.32. The van der Waals surface area contributed by atoms with E-state index < -0.39 is 24.3 Å². The maximum absolute atomic E-state index is 12.5. The van der Waals surface area contributed by atoms with Crippen molar-refractivity contribution >= 4 is 51.6 Å². The van der Waals surface area contributed by atoms with E-state index in [9.17, 15) is 14.7 Å². The van der Waals surface area contributed by atoms with Crippen LogP contribution < -0.4 is 30.3 Å². The first-order valence-electron chi connectivity index (χ1n) is 14.9. The van der Waals surface area contributed by atoms with E-state index in [1.165, 1.54) is 17.9 Å². The fourth-order valence-electron chi connectivity index (χ4n) is 5.02. The van der Waals surface area contributed by atoms with Crippen molar-refractivity contribution in [2.75, 3.05) is 20.3 Å². The normalized spacial score (nSPS) is 15.2. The van der Waals surface area contributed by atoms with Crippen LogP contribution in [0.2, 0.25) is 0 Å². The first kappa shape index (κ1) is 33.5. The summed E-state index contributed by atoms with van der Waals surface area (Å²) < 4.78 is 23.5. The number of esters is 1. The Bertz CT molecular complexity index is 1830. The number of urea groups is 1. The smallest absolute Gasteiger partial charge is 0.337 e. The van der Waals surface area contributed by atoms with Crippen molar-refractivity contribution in [2.24, 2.45) is 5.10 Å². The molecule has 1 heterocycles. The van der Waals surface area contributed by atoms with Gasteiger partial charge in [0.25, 0.3) is 0 Å². The molecule has 0 bridgehead atoms. The lowest BCUT2D eigenvalue weighted by Gasteiger charge is -2.28. The molecular formula is C35H35IN4O7. The van der Waals surface area contributed by atoms with Gasteiger partial charge >= 0.3 is 12.0 Å². The number of methoxy groups -OCH3 is 1. The average molecular weight is 751 g/mol. The van der Waals surface area contributed by atoms with Crippen LogP contribution in [-0.2, 0) is 16.1 Å². The molecule has 2 amide bonds. The summed E-state index contributed by atoms with van der Waals surface area (Å²) in [5.41, 5.74) is 5.84. The molecule has 0 spiro atoms. The molecule has 4 aromatic rings. The third-order valence-corrected chi connectivity index (χ3v) is 8.12. The van der Waals surface area contributed by atoms with Crippen LogP contribution in [0.4, 0.5) is 4.79 Å². The van der Waals surface area contributed by atoms with Crippen LogP contribution in [0, 0.1) is 3.57 Å². The van der Waals surface area contributed by atoms with E-state index >= 15 is 0 Å². The standard InChI is InChI=1S/C35H35IN4O7/c1-4-45-30-17-26(33-32(34(42)44-3)21(2)38-35(43)39-33)12-14-29(30)47-20-31(41)40-37-18-22-10-13-28(27(36)16-22)46-19-23-9-11-24-7-5-6-8-25(24)15-23/h5-18,31,33,40-41H,4,19-20H2,1-3H3,(H2,38,39,43)/b37-18-/t31-,33+/m0/s1. The van der Waals surface area contributed by atoms with Gasteiger partial charge < -0.3 is 34.7 Å². The van der Waals surface area contributed by atoms with E-state index in [-0.39, 0.29) is 12.2 Å². The number of hydrogen-bond acceptors (Lipinski definition) is 9. The molecule has 5 rings (SSSR count). The van der Waals surface area contributed by atoms with E-state index in [1.807, 2.05) is 37.3 Å². The highest BCUT2D eigenvalue weighted by Crippen LogP contribution is 2.35. The van der Waals surface area contributed by atoms with Gasteiger partial charge in [0.2, 0.25) is 0 Å². The van der Waals surface area contributed by atoms with Gasteiger partial charge in [0, 0.05) is 5.70 Å². The van der Waals surface area contributed by atoms with Crippen LogP contribution >= 0.6 is 22.6 Å². The zero-order valence-electron chi connectivity index (χ0n) is 26.1. The molecule has 1 aliphatic heterocycles. The van der Waals surface area contributed by atoms with Gasteiger partial charge in [-0.25, -0.2) is 9.59 Å². The van der Waals surface area contributed by atoms with Crippen molar-refractivity contribution in [1.82, 2.24) is 16.1 Å². The Morgan fingerprint density at radius 1 is 1.00 bits per heavy atom. The third-order valence-electron chi connectivity index (χ3n) is 7.27. The molecule has 244 valence electrons. The molecule has 47 heavy (non-hydrogen) atoms. The van der Waals surface area contributed by atoms with Crippen molar-refractivity contribution in [3.05, 3.63) is 110 Å². The van der Waals surface area contributed by atoms with Gasteiger partial charge in [-0.15, -0.1) is 0 Å². The fraction of sp³-hybridized carbons (Fsp3) is 0.229. The largest absolute Gasteiger partial charge is 0.490 e. The maximum atomic E-state index is 12.5. The summed E-state index contributed by atoms with van der Waals surface area (Å²) in [6, 6.07) is 24.1. The second-order valence-electron chi connectivity index (χ2n) is 10.6. The number of allylic oxidation sites excluding steroid dienone is 1. The Morgan fingerprint density at radius 3 is 2.55 bits per heavy atom. The molecule has 4 aromatic carbocycles. The van der Waals surface area contributed by atoms with Crippen molar-refractivity contribution < 1.29 is 33.6 Å². The topological polar surface area (TPSA) is 140 Å². The Hall–Kier alpha value is -4.82. The van der Waals surface area contributed by atoms with Crippen molar-refractivity contribution in [3.63, 3.8) is 0 Å². The number of aliphatic hydroxyl groups excluding tert-OH is 1. The molecule has 12 heteroatoms. The van der Waals surface area contributed by atoms with E-state index in [1.54, 1.807) is 31.3 Å². The van der Waals surface area contributed by atoms with E-state index in [4.69, 9.17) is 18.9 Å². The lowest BCUT2D eigenvalue weighted by molar-refractivity contribution is -0.136. The van der Waals surface area contributed by atoms with E-state index in [2.05, 4.69) is 74.1 Å². The fourth-order valence-corrected chi connectivity index (χ4v) is 5.72. The number of hydrogen-bond donors (Lipinski definition) is 4. The van der Waals surface area contributed by atoms with Gasteiger partial charge in [-0.1, -0.05) is 42.5 Å². The zero-order valence-corrected chi connectivity index (χ0v) is 28.2. The summed E-state index contributed by atoms with van der Waals surface area (Å²) in [5.74, 6) is 0.954. The third kappa shape index (κ3) is 8.51. The number of benzene rings is 4. The van der Waals surface area contributed by atoms with E-state index in [0.717, 1.165) is 20.4 Å². The summed E-state index contributed by atoms with van der Waals surface area (Å²) in [6.45, 7) is 4.12. The lowest BCUT2D eigenvalue weighted by Crippen LogP contribution is -2.45. The second-order valence-corrected chi connectivity index (χ2v) is 11.7. The Morgan fingerprint density at radius 2 is 1.79 bits per heavy atom. The van der Waals surface area contributed by atoms with Crippen LogP contribution in [0.3, 0.4) is 0 Å². The Kier molecular flexibility index (Phi) is 11.2. The number of carbonyl (C=O) groups excluding carboxylic acids is 2. The molecule has 0 aliphatic carbocycles. The van der Waals surface area contributed by atoms with Crippen LogP contribution in [0.25, 0.3) is 10.8 Å². The van der Waals surface area contributed by atoms with Gasteiger partial charge in [0.05, 0.1) is 35.1 Å². The SMILES string of the molecule is CCOc1cc([C@H]2NC(=O)NC(C)=C2C(=O)OC)ccc1OC[C@H](O)N/N=C\c1ccc(OCc2ccc3ccccc3c2)c(I)c1. The minimum Gasteiger partial charge on any atom is -0.490 e. The monoisotopic (exact) mass is 750 g/mol. The van der Waals surface area contributed by atoms with Gasteiger partial charge in [-0.05, 0) is 100 Å². The molecule has 11 nitrogen and oxygen atoms in total. The molecule has 0 saturated carbocycles. The van der Waals surface area contributed by atoms with Crippen LogP contribution in [0.1, 0.15) is 36.6 Å². The molecule has 4 N–H and O–H groups in total. The number of hydrazone groups is 1. The van der Waals surface area contributed by atoms with Crippen LogP contribution in [0.15, 0.2) is 95.2 Å². The van der Waals surface area contributed by atoms with Crippen molar-refractivity contribution in [3.8, 4) is 17.2 Å². The molecule has 0 saturated heterocycles. The van der Waals surface area contributed by atoms with Crippen LogP contribution in [0.5, 0.6) is 17.2 Å². The number of fused-ring (bicyclic) bond motifs is 1. The number of rotatable bonds is 13. The first-order valence-corrected chi connectivity index (χ1v) is 16.0. The highest BCUT2D eigenvalue weighted by atomic mass is 127. The average Bonchev–Trinajstić information content (AvgIpc) is 3.06. The van der Waals surface area contributed by atoms with Gasteiger partial charge in [0.1, 0.15) is 19.0 Å². The van der Waals surface area contributed by atoms with Gasteiger partial charge in [-0.2, -0.15) is 5.10 Å². The molecule has 0 aromatic heterocycles. The summed E-state index contributed by atoms with van der Waals surface area (Å²) in [4.78, 5) is 24.6. The number of ether oxygens (including phenoxy) is 4. The number of carbonyl (C=O) groups is 2. The number of halogens is 1. The molecule has 0 fully saturated rings.